The summed E-state index contributed by atoms with van der Waals surface area (Å²) in [6, 6.07) is 11.2. The second-order valence-electron chi connectivity index (χ2n) is 2.39. The molecule has 0 amide bonds. The summed E-state index contributed by atoms with van der Waals surface area (Å²) in [5, 5.41) is 8.42. The first-order chi connectivity index (χ1) is 5.90. The van der Waals surface area contributed by atoms with E-state index in [0.717, 1.165) is 11.0 Å². The number of aromatic amines is 1. The van der Waals surface area contributed by atoms with E-state index in [4.69, 9.17) is 5.26 Å². The smallest absolute Gasteiger partial charge is 0.121 e. The van der Waals surface area contributed by atoms with E-state index >= 15 is 0 Å². The minimum Gasteiger partial charge on any atom is -0.341 e. The Morgan fingerprint density at radius 2 is 2.33 bits per heavy atom. The first-order valence-electron chi connectivity index (χ1n) is 3.53. The second-order valence-corrected chi connectivity index (χ2v) is 2.39. The zero-order chi connectivity index (χ0) is 8.39. The summed E-state index contributed by atoms with van der Waals surface area (Å²) in [5.41, 5.74) is 1.73. The van der Waals surface area contributed by atoms with Crippen LogP contribution in [0.2, 0.25) is 0 Å². The lowest BCUT2D eigenvalue weighted by Gasteiger charge is -1.79. The second kappa shape index (κ2) is 2.56. The van der Waals surface area contributed by atoms with E-state index in [0.29, 0.717) is 12.2 Å². The van der Waals surface area contributed by atoms with E-state index in [2.05, 4.69) is 22.1 Å². The van der Waals surface area contributed by atoms with Gasteiger partial charge < -0.3 is 4.98 Å². The van der Waals surface area contributed by atoms with Gasteiger partial charge in [-0.05, 0) is 0 Å². The predicted molar refractivity (Wildman–Crippen MR) is 43.1 cm³/mol. The lowest BCUT2D eigenvalue weighted by atomic mass is 10.4. The molecule has 0 spiro atoms. The zero-order valence-electron chi connectivity index (χ0n) is 6.26. The van der Waals surface area contributed by atoms with Gasteiger partial charge in [0.1, 0.15) is 5.82 Å². The summed E-state index contributed by atoms with van der Waals surface area (Å²) in [7, 11) is 0. The molecule has 0 aliphatic heterocycles. The molecule has 3 heteroatoms. The largest absolute Gasteiger partial charge is 0.341 e. The Balaban J connectivity index is 2.56. The molecule has 1 aromatic carbocycles. The number of fused-ring (bicyclic) bond motifs is 1. The lowest BCUT2D eigenvalue weighted by Crippen LogP contribution is -1.81. The Morgan fingerprint density at radius 1 is 1.50 bits per heavy atom. The van der Waals surface area contributed by atoms with Crippen molar-refractivity contribution >= 4 is 11.0 Å². The average molecular weight is 155 g/mol. The number of nitrogens with one attached hydrogen (secondary N) is 1. The monoisotopic (exact) mass is 155 g/mol. The fourth-order valence-electron chi connectivity index (χ4n) is 1.06. The summed E-state index contributed by atoms with van der Waals surface area (Å²) >= 11 is 0. The number of nitriles is 1. The van der Waals surface area contributed by atoms with E-state index in [9.17, 15) is 0 Å². The highest BCUT2D eigenvalue weighted by Gasteiger charge is 1.99. The molecule has 0 atom stereocenters. The molecule has 2 rings (SSSR count). The van der Waals surface area contributed by atoms with Crippen LogP contribution in [0.15, 0.2) is 12.1 Å². The third-order valence-electron chi connectivity index (χ3n) is 1.57. The summed E-state index contributed by atoms with van der Waals surface area (Å²) in [4.78, 5) is 7.18. The molecule has 0 saturated heterocycles. The van der Waals surface area contributed by atoms with Gasteiger partial charge in [-0.15, -0.1) is 0 Å². The summed E-state index contributed by atoms with van der Waals surface area (Å²) in [6.45, 7) is 0. The normalized spacial score (nSPS) is 9.25. The minimum atomic E-state index is 0.314. The molecule has 0 bridgehead atoms. The highest BCUT2D eigenvalue weighted by Crippen LogP contribution is 2.07. The van der Waals surface area contributed by atoms with Crippen LogP contribution in [-0.2, 0) is 6.42 Å². The Kier molecular flexibility index (Phi) is 1.43. The highest BCUT2D eigenvalue weighted by atomic mass is 14.9. The Bertz CT molecular complexity index is 403. The van der Waals surface area contributed by atoms with Crippen LogP contribution >= 0.6 is 0 Å². The molecule has 0 fully saturated rings. The van der Waals surface area contributed by atoms with Gasteiger partial charge in [0.15, 0.2) is 0 Å². The highest BCUT2D eigenvalue weighted by molar-refractivity contribution is 5.73. The van der Waals surface area contributed by atoms with Gasteiger partial charge >= 0.3 is 0 Å². The molecular formula is C9H5N3. The third-order valence-corrected chi connectivity index (χ3v) is 1.57. The standard InChI is InChI=1S/C9H5N3/c10-6-5-9-11-7-3-1-2-4-8(7)12-9/h3-4H,5H2,(H,11,12). The van der Waals surface area contributed by atoms with Gasteiger partial charge in [-0.25, -0.2) is 4.98 Å². The SMILES string of the molecule is N#CCc1nc2cc#ccc2[nH]1. The van der Waals surface area contributed by atoms with E-state index in [1.165, 1.54) is 0 Å². The van der Waals surface area contributed by atoms with Crippen molar-refractivity contribution in [2.24, 2.45) is 0 Å². The molecule has 0 saturated carbocycles. The molecule has 0 aliphatic carbocycles. The molecule has 3 nitrogen and oxygen atoms in total. The number of nitrogens with zero attached hydrogens (tertiary/aromatic N) is 2. The number of hydrogen-bond acceptors (Lipinski definition) is 2. The van der Waals surface area contributed by atoms with E-state index in [-0.39, 0.29) is 0 Å². The van der Waals surface area contributed by atoms with Crippen molar-refractivity contribution in [3.8, 4) is 6.07 Å². The maximum absolute atomic E-state index is 8.42. The Morgan fingerprint density at radius 3 is 3.08 bits per heavy atom. The maximum Gasteiger partial charge on any atom is 0.121 e. The summed E-state index contributed by atoms with van der Waals surface area (Å²) in [5.74, 6) is 0.695. The van der Waals surface area contributed by atoms with Crippen molar-refractivity contribution < 1.29 is 0 Å². The van der Waals surface area contributed by atoms with Crippen molar-refractivity contribution in [3.63, 3.8) is 0 Å². The first kappa shape index (κ1) is 6.69. The summed E-state index contributed by atoms with van der Waals surface area (Å²) < 4.78 is 0. The topological polar surface area (TPSA) is 52.5 Å². The van der Waals surface area contributed by atoms with Crippen LogP contribution < -0.4 is 0 Å². The van der Waals surface area contributed by atoms with Crippen molar-refractivity contribution in [2.45, 2.75) is 6.42 Å². The van der Waals surface area contributed by atoms with Crippen LogP contribution in [-0.4, -0.2) is 9.97 Å². The third kappa shape index (κ3) is 0.980. The summed E-state index contributed by atoms with van der Waals surface area (Å²) in [6.07, 6.45) is 0.314. The number of imidazole rings is 1. The number of aromatic nitrogens is 2. The van der Waals surface area contributed by atoms with Crippen LogP contribution in [0.3, 0.4) is 0 Å². The molecule has 0 radical (unpaired) electrons. The minimum absolute atomic E-state index is 0.314. The van der Waals surface area contributed by atoms with Crippen LogP contribution in [0.1, 0.15) is 5.82 Å². The van der Waals surface area contributed by atoms with Crippen LogP contribution in [0, 0.1) is 23.5 Å². The molecule has 1 aromatic heterocycles. The van der Waals surface area contributed by atoms with Gasteiger partial charge in [-0.3, -0.25) is 0 Å². The van der Waals surface area contributed by atoms with Crippen molar-refractivity contribution in [1.29, 1.82) is 5.26 Å². The molecular weight excluding hydrogens is 150 g/mol. The fraction of sp³-hybridized carbons (Fsp3) is 0.111. The van der Waals surface area contributed by atoms with Gasteiger partial charge in [0, 0.05) is 12.1 Å². The molecule has 1 heterocycles. The number of hydrogen-bond donors (Lipinski definition) is 1. The van der Waals surface area contributed by atoms with E-state index < -0.39 is 0 Å². The maximum atomic E-state index is 8.42. The van der Waals surface area contributed by atoms with E-state index in [1.54, 1.807) is 12.1 Å². The van der Waals surface area contributed by atoms with Gasteiger partial charge in [-0.1, -0.05) is 12.1 Å². The molecule has 0 aliphatic rings. The molecule has 0 unspecified atom stereocenters. The molecule has 12 heavy (non-hydrogen) atoms. The van der Waals surface area contributed by atoms with Gasteiger partial charge in [-0.2, -0.15) is 5.26 Å². The average Bonchev–Trinajstić information content (AvgIpc) is 2.47. The quantitative estimate of drug-likeness (QED) is 0.673. The van der Waals surface area contributed by atoms with Crippen LogP contribution in [0.25, 0.3) is 11.0 Å². The fourth-order valence-corrected chi connectivity index (χ4v) is 1.06. The van der Waals surface area contributed by atoms with Crippen molar-refractivity contribution in [3.05, 3.63) is 30.1 Å². The predicted octanol–water partition coefficient (Wildman–Crippen LogP) is 1.23. The van der Waals surface area contributed by atoms with Crippen LogP contribution in [0.5, 0.6) is 0 Å². The first-order valence-corrected chi connectivity index (χ1v) is 3.53. The number of H-pyrrole nitrogens is 1. The lowest BCUT2D eigenvalue weighted by molar-refractivity contribution is 1.08. The molecule has 2 aromatic rings. The molecule has 56 valence electrons. The zero-order valence-corrected chi connectivity index (χ0v) is 6.26. The van der Waals surface area contributed by atoms with Crippen molar-refractivity contribution in [1.82, 2.24) is 9.97 Å². The van der Waals surface area contributed by atoms with Gasteiger partial charge in [0.05, 0.1) is 23.5 Å². The van der Waals surface area contributed by atoms with Crippen molar-refractivity contribution in [2.75, 3.05) is 0 Å². The molecule has 1 N–H and O–H groups in total. The Labute approximate surface area is 69.7 Å². The number of rotatable bonds is 1. The van der Waals surface area contributed by atoms with E-state index in [1.807, 2.05) is 6.07 Å². The van der Waals surface area contributed by atoms with Crippen LogP contribution in [0.4, 0.5) is 0 Å². The Hall–Kier alpha value is -2.00. The van der Waals surface area contributed by atoms with Gasteiger partial charge in [0.2, 0.25) is 0 Å². The van der Waals surface area contributed by atoms with Gasteiger partial charge in [0.25, 0.3) is 0 Å².